The van der Waals surface area contributed by atoms with Crippen LogP contribution in [0.5, 0.6) is 0 Å². The van der Waals surface area contributed by atoms with Gasteiger partial charge in [0.15, 0.2) is 0 Å². The third-order valence-corrected chi connectivity index (χ3v) is 4.92. The maximum atomic E-state index is 12.6. The smallest absolute Gasteiger partial charge is 0.314 e. The molecule has 1 N–H and O–H groups in total. The summed E-state index contributed by atoms with van der Waals surface area (Å²) >= 11 is 0. The van der Waals surface area contributed by atoms with E-state index >= 15 is 0 Å². The van der Waals surface area contributed by atoms with Crippen LogP contribution in [-0.4, -0.2) is 25.7 Å². The highest BCUT2D eigenvalue weighted by Crippen LogP contribution is 2.25. The highest BCUT2D eigenvalue weighted by Gasteiger charge is 2.19. The van der Waals surface area contributed by atoms with Gasteiger partial charge < -0.3 is 14.3 Å². The minimum absolute atomic E-state index is 0.0578. The Bertz CT molecular complexity index is 1230. The van der Waals surface area contributed by atoms with E-state index in [1.807, 2.05) is 41.1 Å². The molecule has 0 aliphatic carbocycles. The lowest BCUT2D eigenvalue weighted by Crippen LogP contribution is -2.12. The second-order valence-electron chi connectivity index (χ2n) is 6.93. The first-order chi connectivity index (χ1) is 14.6. The predicted octanol–water partition coefficient (Wildman–Crippen LogP) is 3.83. The molecule has 0 saturated heterocycles. The molecule has 9 heteroatoms. The third kappa shape index (κ3) is 3.34. The van der Waals surface area contributed by atoms with E-state index in [-0.39, 0.29) is 11.8 Å². The summed E-state index contributed by atoms with van der Waals surface area (Å²) in [5.41, 5.74) is 4.90. The van der Waals surface area contributed by atoms with Crippen molar-refractivity contribution in [2.75, 3.05) is 0 Å². The van der Waals surface area contributed by atoms with Crippen molar-refractivity contribution in [2.45, 2.75) is 19.5 Å². The summed E-state index contributed by atoms with van der Waals surface area (Å²) in [7, 11) is 0. The van der Waals surface area contributed by atoms with Gasteiger partial charge in [0.25, 0.3) is 11.8 Å². The second kappa shape index (κ2) is 7.18. The van der Waals surface area contributed by atoms with Crippen molar-refractivity contribution in [3.8, 4) is 22.7 Å². The fourth-order valence-corrected chi connectivity index (χ4v) is 3.37. The lowest BCUT2D eigenvalue weighted by molar-refractivity contribution is 0.0965. The zero-order valence-corrected chi connectivity index (χ0v) is 15.5. The van der Waals surface area contributed by atoms with E-state index < -0.39 is 12.3 Å². The molecule has 5 rings (SSSR count). The van der Waals surface area contributed by atoms with Crippen LogP contribution in [0.1, 0.15) is 33.8 Å². The molecule has 2 aromatic carbocycles. The molecule has 0 atom stereocenters. The summed E-state index contributed by atoms with van der Waals surface area (Å²) in [4.78, 5) is 16.3. The van der Waals surface area contributed by atoms with Crippen LogP contribution < -0.4 is 5.32 Å². The molecule has 0 unspecified atom stereocenters. The quantitative estimate of drug-likeness (QED) is 0.543. The van der Waals surface area contributed by atoms with Gasteiger partial charge in [0.05, 0.1) is 12.0 Å². The number of alkyl halides is 2. The fourth-order valence-electron chi connectivity index (χ4n) is 3.37. The van der Waals surface area contributed by atoms with Gasteiger partial charge in [-0.1, -0.05) is 24.3 Å². The van der Waals surface area contributed by atoms with Gasteiger partial charge in [0.1, 0.15) is 0 Å². The van der Waals surface area contributed by atoms with Crippen LogP contribution in [0.3, 0.4) is 0 Å². The number of rotatable bonds is 5. The highest BCUT2D eigenvalue weighted by molar-refractivity contribution is 5.99. The largest absolute Gasteiger partial charge is 0.415 e. The Morgan fingerprint density at radius 3 is 2.67 bits per heavy atom. The number of halogens is 2. The maximum Gasteiger partial charge on any atom is 0.314 e. The zero-order chi connectivity index (χ0) is 20.7. The van der Waals surface area contributed by atoms with Gasteiger partial charge in [-0.05, 0) is 29.3 Å². The molecule has 4 aromatic rings. The molecule has 1 aliphatic heterocycles. The van der Waals surface area contributed by atoms with E-state index in [0.717, 1.165) is 22.4 Å². The van der Waals surface area contributed by atoms with E-state index in [4.69, 9.17) is 4.42 Å². The van der Waals surface area contributed by atoms with E-state index in [2.05, 4.69) is 20.5 Å². The number of fused-ring (bicyclic) bond motifs is 1. The number of aromatic nitrogens is 4. The predicted molar refractivity (Wildman–Crippen MR) is 103 cm³/mol. The Morgan fingerprint density at radius 2 is 1.90 bits per heavy atom. The summed E-state index contributed by atoms with van der Waals surface area (Å²) in [5, 5.41) is 9.79. The van der Waals surface area contributed by atoms with Gasteiger partial charge in [-0.3, -0.25) is 4.79 Å². The topological polar surface area (TPSA) is 85.8 Å². The van der Waals surface area contributed by atoms with Crippen molar-refractivity contribution in [3.63, 3.8) is 0 Å². The minimum Gasteiger partial charge on any atom is -0.415 e. The molecule has 7 nitrogen and oxygen atoms in total. The first-order valence-corrected chi connectivity index (χ1v) is 9.21. The molecule has 0 bridgehead atoms. The van der Waals surface area contributed by atoms with Crippen LogP contribution in [0.25, 0.3) is 22.7 Å². The number of benzene rings is 2. The maximum absolute atomic E-state index is 12.6. The fraction of sp³-hybridized carbons (Fsp3) is 0.143. The number of carbonyl (C=O) groups excluding carboxylic acids is 1. The molecule has 0 radical (unpaired) electrons. The summed E-state index contributed by atoms with van der Waals surface area (Å²) in [6, 6.07) is 13.0. The first kappa shape index (κ1) is 18.2. The Labute approximate surface area is 169 Å². The van der Waals surface area contributed by atoms with Gasteiger partial charge >= 0.3 is 6.43 Å². The summed E-state index contributed by atoms with van der Waals surface area (Å²) in [6.45, 7) is 1.14. The zero-order valence-electron chi connectivity index (χ0n) is 15.5. The molecule has 30 heavy (non-hydrogen) atoms. The van der Waals surface area contributed by atoms with Gasteiger partial charge in [0, 0.05) is 36.0 Å². The molecule has 1 aliphatic rings. The molecule has 0 fully saturated rings. The molecule has 2 aromatic heterocycles. The Kier molecular flexibility index (Phi) is 4.35. The lowest BCUT2D eigenvalue weighted by Gasteiger charge is -2.03. The summed E-state index contributed by atoms with van der Waals surface area (Å²) in [5.74, 6) is -0.695. The third-order valence-electron chi connectivity index (χ3n) is 4.92. The first-order valence-electron chi connectivity index (χ1n) is 9.21. The molecule has 3 heterocycles. The lowest BCUT2D eigenvalue weighted by atomic mass is 10.0. The van der Waals surface area contributed by atoms with Crippen molar-refractivity contribution >= 4 is 5.91 Å². The summed E-state index contributed by atoms with van der Waals surface area (Å²) < 4.78 is 32.1. The van der Waals surface area contributed by atoms with Gasteiger partial charge in [0.2, 0.25) is 5.89 Å². The molecule has 150 valence electrons. The van der Waals surface area contributed by atoms with Gasteiger partial charge in [-0.2, -0.15) is 8.78 Å². The average Bonchev–Trinajstić information content (AvgIpc) is 3.49. The summed E-state index contributed by atoms with van der Waals surface area (Å²) in [6.07, 6.45) is 0.847. The Hall–Kier alpha value is -3.88. The van der Waals surface area contributed by atoms with E-state index in [9.17, 15) is 13.6 Å². The second-order valence-corrected chi connectivity index (χ2v) is 6.93. The van der Waals surface area contributed by atoms with Crippen LogP contribution >= 0.6 is 0 Å². The highest BCUT2D eigenvalue weighted by atomic mass is 19.3. The van der Waals surface area contributed by atoms with Crippen molar-refractivity contribution in [3.05, 3.63) is 77.6 Å². The van der Waals surface area contributed by atoms with Crippen molar-refractivity contribution in [2.24, 2.45) is 0 Å². The number of nitrogens with one attached hydrogen (secondary N) is 1. The number of imidazole rings is 1. The van der Waals surface area contributed by atoms with Crippen molar-refractivity contribution in [1.82, 2.24) is 25.1 Å². The van der Waals surface area contributed by atoms with Gasteiger partial charge in [-0.15, -0.1) is 10.2 Å². The van der Waals surface area contributed by atoms with Crippen LogP contribution in [0.4, 0.5) is 8.78 Å². The van der Waals surface area contributed by atoms with Crippen LogP contribution in [0.2, 0.25) is 0 Å². The van der Waals surface area contributed by atoms with Gasteiger partial charge in [-0.25, -0.2) is 4.98 Å². The standard InChI is InChI=1S/C21H15F2N5O2/c22-18(23)21-27-26-20(30-21)13-3-1-12(2-4-13)9-28-10-17(25-11-28)14-5-6-15-8-24-19(29)16(15)7-14/h1-7,10-11,18H,8-9H2,(H,24,29). The Balaban J connectivity index is 1.32. The van der Waals surface area contributed by atoms with Crippen LogP contribution in [0.15, 0.2) is 59.4 Å². The number of amides is 1. The molecular formula is C21H15F2N5O2. The SMILES string of the molecule is O=C1NCc2ccc(-c3cn(Cc4ccc(-c5nnc(C(F)F)o5)cc4)cn3)cc21. The molecule has 0 spiro atoms. The monoisotopic (exact) mass is 407 g/mol. The van der Waals surface area contributed by atoms with Crippen molar-refractivity contribution in [1.29, 1.82) is 0 Å². The Morgan fingerprint density at radius 1 is 1.10 bits per heavy atom. The molecule has 0 saturated carbocycles. The normalized spacial score (nSPS) is 13.0. The van der Waals surface area contributed by atoms with E-state index in [1.54, 1.807) is 18.5 Å². The number of nitrogens with zero attached hydrogens (tertiary/aromatic N) is 4. The van der Waals surface area contributed by atoms with E-state index in [0.29, 0.717) is 24.2 Å². The number of hydrogen-bond donors (Lipinski definition) is 1. The molecule has 1 amide bonds. The molecular weight excluding hydrogens is 392 g/mol. The van der Waals surface area contributed by atoms with Crippen LogP contribution in [0, 0.1) is 0 Å². The number of carbonyl (C=O) groups is 1. The van der Waals surface area contributed by atoms with Crippen LogP contribution in [-0.2, 0) is 13.1 Å². The van der Waals surface area contributed by atoms with E-state index in [1.165, 1.54) is 0 Å². The average molecular weight is 407 g/mol. The number of hydrogen-bond acceptors (Lipinski definition) is 5. The van der Waals surface area contributed by atoms with Crippen molar-refractivity contribution < 1.29 is 18.0 Å². The minimum atomic E-state index is -2.79.